The van der Waals surface area contributed by atoms with Gasteiger partial charge in [-0.15, -0.1) is 6.58 Å². The minimum atomic E-state index is -0.779. The van der Waals surface area contributed by atoms with E-state index in [0.717, 1.165) is 19.3 Å². The Morgan fingerprint density at radius 1 is 1.44 bits per heavy atom. The molecule has 0 aromatic heterocycles. The van der Waals surface area contributed by atoms with Gasteiger partial charge in [-0.05, 0) is 31.1 Å². The second-order valence-corrected chi connectivity index (χ2v) is 5.34. The van der Waals surface area contributed by atoms with Gasteiger partial charge in [0.25, 0.3) is 0 Å². The van der Waals surface area contributed by atoms with E-state index in [2.05, 4.69) is 11.9 Å². The van der Waals surface area contributed by atoms with Gasteiger partial charge in [-0.3, -0.25) is 4.79 Å². The molecule has 5 heteroatoms. The molecule has 100 valence electrons. The molecule has 0 saturated heterocycles. The molecule has 0 aromatic carbocycles. The first kappa shape index (κ1) is 12.9. The first-order valence-electron chi connectivity index (χ1n) is 6.40. The third kappa shape index (κ3) is 2.21. The molecule has 2 aliphatic carbocycles. The highest BCUT2D eigenvalue weighted by Crippen LogP contribution is 2.48. The van der Waals surface area contributed by atoms with Crippen LogP contribution in [0.2, 0.25) is 0 Å². The quantitative estimate of drug-likeness (QED) is 0.741. The van der Waals surface area contributed by atoms with Crippen LogP contribution in [0.25, 0.3) is 0 Å². The Bertz CT molecular complexity index is 369. The van der Waals surface area contributed by atoms with Crippen molar-refractivity contribution in [2.75, 3.05) is 13.6 Å². The predicted molar refractivity (Wildman–Crippen MR) is 67.1 cm³/mol. The van der Waals surface area contributed by atoms with Crippen molar-refractivity contribution >= 4 is 12.0 Å². The van der Waals surface area contributed by atoms with Crippen molar-refractivity contribution in [2.24, 2.45) is 17.8 Å². The Morgan fingerprint density at radius 2 is 2.11 bits per heavy atom. The first-order chi connectivity index (χ1) is 8.54. The lowest BCUT2D eigenvalue weighted by molar-refractivity contribution is -0.144. The second-order valence-electron chi connectivity index (χ2n) is 5.34. The van der Waals surface area contributed by atoms with Crippen molar-refractivity contribution in [1.82, 2.24) is 10.2 Å². The van der Waals surface area contributed by atoms with E-state index in [4.69, 9.17) is 0 Å². The van der Waals surface area contributed by atoms with Crippen LogP contribution in [0, 0.1) is 17.8 Å². The highest BCUT2D eigenvalue weighted by Gasteiger charge is 2.51. The van der Waals surface area contributed by atoms with Gasteiger partial charge >= 0.3 is 12.0 Å². The van der Waals surface area contributed by atoms with Gasteiger partial charge in [0.1, 0.15) is 0 Å². The molecule has 0 radical (unpaired) electrons. The third-order valence-electron chi connectivity index (χ3n) is 4.24. The zero-order valence-corrected chi connectivity index (χ0v) is 10.6. The van der Waals surface area contributed by atoms with Crippen LogP contribution < -0.4 is 5.32 Å². The standard InChI is InChI=1S/C13H20N2O3/c1-3-6-15(2)13(18)14-11-9-5-4-8(7-9)10(11)12(16)17/h3,8-11H,1,4-7H2,2H3,(H,14,18)(H,16,17). The number of hydrogen-bond acceptors (Lipinski definition) is 2. The number of nitrogens with one attached hydrogen (secondary N) is 1. The smallest absolute Gasteiger partial charge is 0.317 e. The SMILES string of the molecule is C=CCN(C)C(=O)NC1C2CCC(C2)C1C(=O)O. The maximum Gasteiger partial charge on any atom is 0.317 e. The Morgan fingerprint density at radius 3 is 2.72 bits per heavy atom. The number of urea groups is 1. The Kier molecular flexibility index (Phi) is 3.59. The molecule has 2 fully saturated rings. The van der Waals surface area contributed by atoms with Crippen molar-refractivity contribution in [3.63, 3.8) is 0 Å². The number of fused-ring (bicyclic) bond motifs is 2. The molecule has 2 bridgehead atoms. The summed E-state index contributed by atoms with van der Waals surface area (Å²) < 4.78 is 0. The lowest BCUT2D eigenvalue weighted by atomic mass is 9.84. The number of carboxylic acids is 1. The summed E-state index contributed by atoms with van der Waals surface area (Å²) in [5.41, 5.74) is 0. The van der Waals surface area contributed by atoms with Crippen LogP contribution in [0.4, 0.5) is 4.79 Å². The number of carbonyl (C=O) groups excluding carboxylic acids is 1. The number of rotatable bonds is 4. The van der Waals surface area contributed by atoms with E-state index in [9.17, 15) is 14.7 Å². The minimum absolute atomic E-state index is 0.207. The van der Waals surface area contributed by atoms with E-state index in [1.165, 1.54) is 4.90 Å². The molecule has 0 spiro atoms. The van der Waals surface area contributed by atoms with Gasteiger partial charge in [-0.1, -0.05) is 6.08 Å². The van der Waals surface area contributed by atoms with E-state index < -0.39 is 11.9 Å². The van der Waals surface area contributed by atoms with Gasteiger partial charge in [0.05, 0.1) is 5.92 Å². The van der Waals surface area contributed by atoms with Gasteiger partial charge < -0.3 is 15.3 Å². The molecular weight excluding hydrogens is 232 g/mol. The van der Waals surface area contributed by atoms with E-state index >= 15 is 0 Å². The molecule has 2 aliphatic rings. The number of amides is 2. The Balaban J connectivity index is 2.01. The third-order valence-corrected chi connectivity index (χ3v) is 4.24. The summed E-state index contributed by atoms with van der Waals surface area (Å²) in [5.74, 6) is -0.622. The molecule has 5 nitrogen and oxygen atoms in total. The number of carboxylic acid groups (broad SMARTS) is 1. The van der Waals surface area contributed by atoms with Gasteiger partial charge in [-0.2, -0.15) is 0 Å². The summed E-state index contributed by atoms with van der Waals surface area (Å²) in [6, 6.07) is -0.417. The van der Waals surface area contributed by atoms with E-state index in [0.29, 0.717) is 12.5 Å². The lowest BCUT2D eigenvalue weighted by Crippen LogP contribution is -2.50. The van der Waals surface area contributed by atoms with Crippen LogP contribution >= 0.6 is 0 Å². The van der Waals surface area contributed by atoms with Crippen LogP contribution in [-0.4, -0.2) is 41.6 Å². The van der Waals surface area contributed by atoms with Crippen LogP contribution in [0.5, 0.6) is 0 Å². The fraction of sp³-hybridized carbons (Fsp3) is 0.692. The van der Waals surface area contributed by atoms with Gasteiger partial charge in [-0.25, -0.2) is 4.79 Å². The summed E-state index contributed by atoms with van der Waals surface area (Å²) >= 11 is 0. The number of hydrogen-bond donors (Lipinski definition) is 2. The van der Waals surface area contributed by atoms with Crippen molar-refractivity contribution in [3.8, 4) is 0 Å². The molecule has 4 atom stereocenters. The van der Waals surface area contributed by atoms with Crippen LogP contribution in [-0.2, 0) is 4.79 Å². The number of likely N-dealkylation sites (N-methyl/N-ethyl adjacent to an activating group) is 1. The zero-order valence-electron chi connectivity index (χ0n) is 10.6. The predicted octanol–water partition coefficient (Wildman–Crippen LogP) is 1.31. The van der Waals surface area contributed by atoms with E-state index in [1.807, 2.05) is 0 Å². The molecule has 18 heavy (non-hydrogen) atoms. The monoisotopic (exact) mass is 252 g/mol. The molecule has 4 unspecified atom stereocenters. The Hall–Kier alpha value is -1.52. The zero-order chi connectivity index (χ0) is 13.3. The Labute approximate surface area is 107 Å². The summed E-state index contributed by atoms with van der Waals surface area (Å²) in [6.07, 6.45) is 4.60. The maximum atomic E-state index is 11.9. The summed E-state index contributed by atoms with van der Waals surface area (Å²) in [5, 5.41) is 12.2. The van der Waals surface area contributed by atoms with Crippen molar-refractivity contribution < 1.29 is 14.7 Å². The molecular formula is C13H20N2O3. The normalized spacial score (nSPS) is 33.2. The van der Waals surface area contributed by atoms with Crippen molar-refractivity contribution in [1.29, 1.82) is 0 Å². The topological polar surface area (TPSA) is 69.6 Å². The average Bonchev–Trinajstić information content (AvgIpc) is 2.89. The van der Waals surface area contributed by atoms with Crippen LogP contribution in [0.1, 0.15) is 19.3 Å². The van der Waals surface area contributed by atoms with Gasteiger partial charge in [0.15, 0.2) is 0 Å². The molecule has 2 N–H and O–H groups in total. The molecule has 2 amide bonds. The van der Waals surface area contributed by atoms with Crippen LogP contribution in [0.15, 0.2) is 12.7 Å². The number of aliphatic carboxylic acids is 1. The summed E-state index contributed by atoms with van der Waals surface area (Å²) in [4.78, 5) is 24.7. The molecule has 2 rings (SSSR count). The molecule has 2 saturated carbocycles. The number of carbonyl (C=O) groups is 2. The maximum absolute atomic E-state index is 11.9. The van der Waals surface area contributed by atoms with Gasteiger partial charge in [0, 0.05) is 19.6 Å². The summed E-state index contributed by atoms with van der Waals surface area (Å²) in [6.45, 7) is 4.04. The molecule has 0 aliphatic heterocycles. The fourth-order valence-corrected chi connectivity index (χ4v) is 3.38. The van der Waals surface area contributed by atoms with Crippen LogP contribution in [0.3, 0.4) is 0 Å². The van der Waals surface area contributed by atoms with Gasteiger partial charge in [0.2, 0.25) is 0 Å². The first-order valence-corrected chi connectivity index (χ1v) is 6.40. The fourth-order valence-electron chi connectivity index (χ4n) is 3.38. The molecule has 0 heterocycles. The largest absolute Gasteiger partial charge is 0.481 e. The van der Waals surface area contributed by atoms with Crippen molar-refractivity contribution in [3.05, 3.63) is 12.7 Å². The minimum Gasteiger partial charge on any atom is -0.481 e. The lowest BCUT2D eigenvalue weighted by Gasteiger charge is -2.30. The number of nitrogens with zero attached hydrogens (tertiary/aromatic N) is 1. The highest BCUT2D eigenvalue weighted by atomic mass is 16.4. The summed E-state index contributed by atoms with van der Waals surface area (Å²) in [7, 11) is 1.68. The van der Waals surface area contributed by atoms with Crippen molar-refractivity contribution in [2.45, 2.75) is 25.3 Å². The second kappa shape index (κ2) is 5.00. The van der Waals surface area contributed by atoms with E-state index in [-0.39, 0.29) is 18.0 Å². The average molecular weight is 252 g/mol. The molecule has 0 aromatic rings. The highest BCUT2D eigenvalue weighted by molar-refractivity contribution is 5.77. The van der Waals surface area contributed by atoms with E-state index in [1.54, 1.807) is 13.1 Å².